The Morgan fingerprint density at radius 2 is 2.05 bits per heavy atom. The molecule has 0 spiro atoms. The van der Waals surface area contributed by atoms with E-state index in [-0.39, 0.29) is 5.91 Å². The predicted molar refractivity (Wildman–Crippen MR) is 78.9 cm³/mol. The molecule has 0 aliphatic rings. The highest BCUT2D eigenvalue weighted by atomic mass is 32.1. The number of carbonyl (C=O) groups is 1. The van der Waals surface area contributed by atoms with Gasteiger partial charge in [-0.15, -0.1) is 11.3 Å². The van der Waals surface area contributed by atoms with E-state index < -0.39 is 0 Å². The standard InChI is InChI=1S/C14H10N4OS/c19-13(18-16-9-10-5-3-4-8-15-10)14-17-11-6-1-2-7-12(11)20-14/h1-9H,(H,18,19)/b16-9+. The first kappa shape index (κ1) is 12.4. The third kappa shape index (κ3) is 2.70. The summed E-state index contributed by atoms with van der Waals surface area (Å²) in [5, 5.41) is 4.26. The van der Waals surface area contributed by atoms with Gasteiger partial charge in [0.25, 0.3) is 5.91 Å². The molecule has 3 aromatic rings. The number of fused-ring (bicyclic) bond motifs is 1. The topological polar surface area (TPSA) is 67.2 Å². The number of hydrazone groups is 1. The van der Waals surface area contributed by atoms with Crippen molar-refractivity contribution in [2.24, 2.45) is 5.10 Å². The van der Waals surface area contributed by atoms with Crippen molar-refractivity contribution in [3.8, 4) is 0 Å². The Labute approximate surface area is 119 Å². The summed E-state index contributed by atoms with van der Waals surface area (Å²) in [5.41, 5.74) is 3.94. The van der Waals surface area contributed by atoms with Crippen LogP contribution in [-0.2, 0) is 0 Å². The number of carbonyl (C=O) groups excluding carboxylic acids is 1. The van der Waals surface area contributed by atoms with Gasteiger partial charge in [0, 0.05) is 6.20 Å². The van der Waals surface area contributed by atoms with Crippen LogP contribution in [0.4, 0.5) is 0 Å². The van der Waals surface area contributed by atoms with Crippen molar-refractivity contribution in [3.05, 3.63) is 59.4 Å². The van der Waals surface area contributed by atoms with Gasteiger partial charge >= 0.3 is 0 Å². The molecule has 1 N–H and O–H groups in total. The van der Waals surface area contributed by atoms with Crippen molar-refractivity contribution in [1.29, 1.82) is 0 Å². The van der Waals surface area contributed by atoms with Crippen molar-refractivity contribution in [1.82, 2.24) is 15.4 Å². The molecule has 6 heteroatoms. The molecule has 0 aliphatic carbocycles. The average molecular weight is 282 g/mol. The Morgan fingerprint density at radius 1 is 1.20 bits per heavy atom. The van der Waals surface area contributed by atoms with Crippen molar-refractivity contribution < 1.29 is 4.79 Å². The number of para-hydroxylation sites is 1. The Morgan fingerprint density at radius 3 is 2.85 bits per heavy atom. The maximum absolute atomic E-state index is 11.9. The second kappa shape index (κ2) is 5.58. The van der Waals surface area contributed by atoms with Crippen LogP contribution in [0.25, 0.3) is 10.2 Å². The number of amides is 1. The molecule has 0 fully saturated rings. The molecule has 0 radical (unpaired) electrons. The van der Waals surface area contributed by atoms with E-state index in [1.165, 1.54) is 17.6 Å². The maximum atomic E-state index is 11.9. The molecule has 1 amide bonds. The van der Waals surface area contributed by atoms with E-state index in [0.29, 0.717) is 10.7 Å². The van der Waals surface area contributed by atoms with E-state index in [1.54, 1.807) is 12.3 Å². The van der Waals surface area contributed by atoms with E-state index >= 15 is 0 Å². The van der Waals surface area contributed by atoms with Crippen molar-refractivity contribution in [2.45, 2.75) is 0 Å². The number of nitrogens with one attached hydrogen (secondary N) is 1. The van der Waals surface area contributed by atoms with Crippen LogP contribution < -0.4 is 5.43 Å². The first-order valence-electron chi connectivity index (χ1n) is 5.93. The van der Waals surface area contributed by atoms with Crippen molar-refractivity contribution in [2.75, 3.05) is 0 Å². The highest BCUT2D eigenvalue weighted by Crippen LogP contribution is 2.21. The molecule has 0 saturated carbocycles. The van der Waals surface area contributed by atoms with Gasteiger partial charge in [0.05, 0.1) is 22.1 Å². The molecule has 0 aliphatic heterocycles. The van der Waals surface area contributed by atoms with Crippen molar-refractivity contribution >= 4 is 33.7 Å². The lowest BCUT2D eigenvalue weighted by Gasteiger charge is -1.94. The van der Waals surface area contributed by atoms with Crippen LogP contribution in [0, 0.1) is 0 Å². The maximum Gasteiger partial charge on any atom is 0.300 e. The van der Waals surface area contributed by atoms with Crippen molar-refractivity contribution in [3.63, 3.8) is 0 Å². The van der Waals surface area contributed by atoms with Crippen LogP contribution in [0.3, 0.4) is 0 Å². The number of nitrogens with zero attached hydrogens (tertiary/aromatic N) is 3. The number of hydrogen-bond acceptors (Lipinski definition) is 5. The Bertz CT molecular complexity index is 734. The van der Waals surface area contributed by atoms with Crippen LogP contribution in [0.15, 0.2) is 53.8 Å². The average Bonchev–Trinajstić information content (AvgIpc) is 2.92. The lowest BCUT2D eigenvalue weighted by atomic mass is 10.3. The van der Waals surface area contributed by atoms with Gasteiger partial charge in [0.15, 0.2) is 5.01 Å². The fourth-order valence-corrected chi connectivity index (χ4v) is 2.48. The highest BCUT2D eigenvalue weighted by molar-refractivity contribution is 7.20. The zero-order chi connectivity index (χ0) is 13.8. The molecule has 1 aromatic carbocycles. The van der Waals surface area contributed by atoms with Gasteiger partial charge in [-0.1, -0.05) is 18.2 Å². The summed E-state index contributed by atoms with van der Waals surface area (Å²) >= 11 is 1.34. The lowest BCUT2D eigenvalue weighted by Crippen LogP contribution is -2.17. The minimum absolute atomic E-state index is 0.321. The molecule has 98 valence electrons. The van der Waals surface area contributed by atoms with Gasteiger partial charge in [-0.05, 0) is 24.3 Å². The van der Waals surface area contributed by atoms with Gasteiger partial charge in [0.1, 0.15) is 0 Å². The molecule has 20 heavy (non-hydrogen) atoms. The van der Waals surface area contributed by atoms with Crippen LogP contribution >= 0.6 is 11.3 Å². The molecule has 0 unspecified atom stereocenters. The van der Waals surface area contributed by atoms with Gasteiger partial charge < -0.3 is 0 Å². The monoisotopic (exact) mass is 282 g/mol. The minimum Gasteiger partial charge on any atom is -0.265 e. The van der Waals surface area contributed by atoms with Gasteiger partial charge in [0.2, 0.25) is 0 Å². The molecule has 0 saturated heterocycles. The van der Waals surface area contributed by atoms with E-state index in [1.807, 2.05) is 36.4 Å². The molecule has 0 bridgehead atoms. The number of aromatic nitrogens is 2. The summed E-state index contributed by atoms with van der Waals surface area (Å²) < 4.78 is 0.978. The zero-order valence-electron chi connectivity index (χ0n) is 10.4. The number of rotatable bonds is 3. The predicted octanol–water partition coefficient (Wildman–Crippen LogP) is 2.46. The van der Waals surface area contributed by atoms with Crippen LogP contribution in [0.5, 0.6) is 0 Å². The molecular formula is C14H10N4OS. The summed E-state index contributed by atoms with van der Waals surface area (Å²) in [6, 6.07) is 13.1. The summed E-state index contributed by atoms with van der Waals surface area (Å²) in [6.45, 7) is 0. The second-order valence-corrected chi connectivity index (χ2v) is 4.97. The van der Waals surface area contributed by atoms with Gasteiger partial charge in [-0.3, -0.25) is 9.78 Å². The molecule has 5 nitrogen and oxygen atoms in total. The third-order valence-corrected chi connectivity index (χ3v) is 3.57. The summed E-state index contributed by atoms with van der Waals surface area (Å²) in [4.78, 5) is 20.2. The zero-order valence-corrected chi connectivity index (χ0v) is 11.2. The van der Waals surface area contributed by atoms with Crippen LogP contribution in [0.2, 0.25) is 0 Å². The first-order chi connectivity index (χ1) is 9.83. The first-order valence-corrected chi connectivity index (χ1v) is 6.74. The van der Waals surface area contributed by atoms with E-state index in [2.05, 4.69) is 20.5 Å². The molecule has 2 heterocycles. The second-order valence-electron chi connectivity index (χ2n) is 3.94. The van der Waals surface area contributed by atoms with Gasteiger partial charge in [-0.25, -0.2) is 10.4 Å². The normalized spacial score (nSPS) is 11.0. The summed E-state index contributed by atoms with van der Waals surface area (Å²) in [5.74, 6) is -0.321. The third-order valence-electron chi connectivity index (χ3n) is 2.54. The van der Waals surface area contributed by atoms with Crippen LogP contribution in [-0.4, -0.2) is 22.1 Å². The SMILES string of the molecule is O=C(N/N=C/c1ccccn1)c1nc2ccccc2s1. The quantitative estimate of drug-likeness (QED) is 0.592. The number of thiazole rings is 1. The summed E-state index contributed by atoms with van der Waals surface area (Å²) in [6.07, 6.45) is 3.15. The molecule has 0 atom stereocenters. The van der Waals surface area contributed by atoms with Gasteiger partial charge in [-0.2, -0.15) is 5.10 Å². The Hall–Kier alpha value is -2.60. The molecule has 3 rings (SSSR count). The summed E-state index contributed by atoms with van der Waals surface area (Å²) in [7, 11) is 0. The fourth-order valence-electron chi connectivity index (χ4n) is 1.63. The Kier molecular flexibility index (Phi) is 3.47. The van der Waals surface area contributed by atoms with Crippen LogP contribution in [0.1, 0.15) is 15.5 Å². The number of benzene rings is 1. The van der Waals surface area contributed by atoms with E-state index in [9.17, 15) is 4.79 Å². The smallest absolute Gasteiger partial charge is 0.265 e. The Balaban J connectivity index is 1.71. The molecular weight excluding hydrogens is 272 g/mol. The number of pyridine rings is 1. The van der Waals surface area contributed by atoms with E-state index in [4.69, 9.17) is 0 Å². The largest absolute Gasteiger partial charge is 0.300 e. The lowest BCUT2D eigenvalue weighted by molar-refractivity contribution is 0.0955. The molecule has 2 aromatic heterocycles. The highest BCUT2D eigenvalue weighted by Gasteiger charge is 2.10. The minimum atomic E-state index is -0.321. The fraction of sp³-hybridized carbons (Fsp3) is 0. The number of hydrogen-bond donors (Lipinski definition) is 1. The van der Waals surface area contributed by atoms with E-state index in [0.717, 1.165) is 10.2 Å².